The number of hydrazone groups is 1. The molecule has 0 aliphatic carbocycles. The van der Waals surface area contributed by atoms with Crippen LogP contribution in [0.5, 0.6) is 0 Å². The highest BCUT2D eigenvalue weighted by Crippen LogP contribution is 1.92. The standard InChI is InChI=1S/C8H18N4/c1-5-7-8(10-9-6-2)11-12(3)4/h5-7H2,1-4H3/p+1. The Balaban J connectivity index is 4.12. The fourth-order valence-electron chi connectivity index (χ4n) is 0.753. The van der Waals surface area contributed by atoms with Crippen molar-refractivity contribution in [2.75, 3.05) is 20.6 Å². The van der Waals surface area contributed by atoms with E-state index in [1.54, 1.807) is 4.70 Å². The minimum absolute atomic E-state index is 0.843. The van der Waals surface area contributed by atoms with Crippen LogP contribution in [-0.2, 0) is 0 Å². The van der Waals surface area contributed by atoms with Gasteiger partial charge in [0.1, 0.15) is 0 Å². The molecule has 0 fully saturated rings. The van der Waals surface area contributed by atoms with Crippen molar-refractivity contribution in [2.45, 2.75) is 26.7 Å². The maximum Gasteiger partial charge on any atom is 0.214 e. The lowest BCUT2D eigenvalue weighted by Gasteiger charge is -1.96. The van der Waals surface area contributed by atoms with Gasteiger partial charge in [-0.2, -0.15) is 5.10 Å². The zero-order chi connectivity index (χ0) is 9.40. The Bertz CT molecular complexity index is 168. The van der Waals surface area contributed by atoms with Gasteiger partial charge in [0, 0.05) is 18.1 Å². The highest BCUT2D eigenvalue weighted by Gasteiger charge is 1.99. The minimum atomic E-state index is 0.843. The van der Waals surface area contributed by atoms with Gasteiger partial charge in [-0.3, -0.25) is 0 Å². The molecule has 0 aromatic heterocycles. The Hall–Kier alpha value is -0.930. The van der Waals surface area contributed by atoms with Crippen LogP contribution in [0, 0.1) is 0 Å². The number of hydrogen-bond donors (Lipinski definition) is 1. The van der Waals surface area contributed by atoms with Gasteiger partial charge >= 0.3 is 0 Å². The average Bonchev–Trinajstić information content (AvgIpc) is 2.00. The lowest BCUT2D eigenvalue weighted by molar-refractivity contribution is -0.530. The first kappa shape index (κ1) is 11.1. The van der Waals surface area contributed by atoms with E-state index in [9.17, 15) is 0 Å². The molecule has 0 aliphatic heterocycles. The molecule has 0 radical (unpaired) electrons. The molecular weight excluding hydrogens is 152 g/mol. The van der Waals surface area contributed by atoms with Crippen LogP contribution in [-0.4, -0.2) is 31.2 Å². The van der Waals surface area contributed by atoms with Gasteiger partial charge in [-0.05, 0) is 13.3 Å². The van der Waals surface area contributed by atoms with Crippen LogP contribution in [0.1, 0.15) is 26.7 Å². The molecule has 0 atom stereocenters. The summed E-state index contributed by atoms with van der Waals surface area (Å²) in [5, 5.41) is 8.36. The Morgan fingerprint density at radius 2 is 2.00 bits per heavy atom. The summed E-state index contributed by atoms with van der Waals surface area (Å²) in [7, 11) is 3.80. The zero-order valence-corrected chi connectivity index (χ0v) is 8.46. The molecule has 4 nitrogen and oxygen atoms in total. The van der Waals surface area contributed by atoms with Gasteiger partial charge in [0.25, 0.3) is 0 Å². The quantitative estimate of drug-likeness (QED) is 0.224. The van der Waals surface area contributed by atoms with Crippen molar-refractivity contribution in [3.05, 3.63) is 0 Å². The topological polar surface area (TPSA) is 39.8 Å². The first-order chi connectivity index (χ1) is 5.70. The molecule has 0 aliphatic rings. The van der Waals surface area contributed by atoms with Crippen molar-refractivity contribution < 1.29 is 4.70 Å². The lowest BCUT2D eigenvalue weighted by Crippen LogP contribution is -2.10. The van der Waals surface area contributed by atoms with Crippen molar-refractivity contribution in [1.82, 2.24) is 5.43 Å². The Morgan fingerprint density at radius 1 is 1.33 bits per heavy atom. The summed E-state index contributed by atoms with van der Waals surface area (Å²) in [5.74, 6) is 0.865. The second-order valence-corrected chi connectivity index (χ2v) is 2.74. The van der Waals surface area contributed by atoms with Gasteiger partial charge < -0.3 is 5.43 Å². The highest BCUT2D eigenvalue weighted by atomic mass is 15.3. The van der Waals surface area contributed by atoms with E-state index in [1.807, 2.05) is 21.0 Å². The van der Waals surface area contributed by atoms with Crippen LogP contribution < -0.4 is 5.43 Å². The molecule has 4 heteroatoms. The summed E-state index contributed by atoms with van der Waals surface area (Å²) in [4.78, 5) is 0. The summed E-state index contributed by atoms with van der Waals surface area (Å²) >= 11 is 0. The lowest BCUT2D eigenvalue weighted by atomic mass is 10.3. The van der Waals surface area contributed by atoms with Gasteiger partial charge in [-0.25, -0.2) is 0 Å². The van der Waals surface area contributed by atoms with E-state index in [0.717, 1.165) is 25.2 Å². The molecule has 0 aromatic rings. The third kappa shape index (κ3) is 5.82. The van der Waals surface area contributed by atoms with Gasteiger partial charge in [-0.1, -0.05) is 6.92 Å². The van der Waals surface area contributed by atoms with Gasteiger partial charge in [0.15, 0.2) is 14.1 Å². The molecule has 0 unspecified atom stereocenters. The van der Waals surface area contributed by atoms with Crippen LogP contribution >= 0.6 is 0 Å². The Morgan fingerprint density at radius 3 is 2.42 bits per heavy atom. The minimum Gasteiger partial charge on any atom is -0.308 e. The molecule has 70 valence electrons. The average molecular weight is 171 g/mol. The van der Waals surface area contributed by atoms with E-state index >= 15 is 0 Å². The number of hydrogen-bond acceptors (Lipinski definition) is 2. The largest absolute Gasteiger partial charge is 0.308 e. The SMILES string of the molecule is CCC/C(N=[N+](C)C)=N\NCC. The van der Waals surface area contributed by atoms with Gasteiger partial charge in [0.05, 0.1) is 0 Å². The van der Waals surface area contributed by atoms with E-state index in [4.69, 9.17) is 0 Å². The molecule has 12 heavy (non-hydrogen) atoms. The smallest absolute Gasteiger partial charge is 0.214 e. The van der Waals surface area contributed by atoms with E-state index in [0.29, 0.717) is 0 Å². The van der Waals surface area contributed by atoms with Crippen molar-refractivity contribution in [1.29, 1.82) is 0 Å². The van der Waals surface area contributed by atoms with Crippen molar-refractivity contribution in [3.8, 4) is 0 Å². The van der Waals surface area contributed by atoms with Crippen LogP contribution in [0.2, 0.25) is 0 Å². The van der Waals surface area contributed by atoms with E-state index < -0.39 is 0 Å². The van der Waals surface area contributed by atoms with Crippen LogP contribution in [0.15, 0.2) is 10.2 Å². The summed E-state index contributed by atoms with van der Waals surface area (Å²) < 4.78 is 1.77. The summed E-state index contributed by atoms with van der Waals surface area (Å²) in [6.45, 7) is 4.98. The molecule has 1 N–H and O–H groups in total. The van der Waals surface area contributed by atoms with Crippen LogP contribution in [0.25, 0.3) is 0 Å². The van der Waals surface area contributed by atoms with Crippen molar-refractivity contribution in [3.63, 3.8) is 0 Å². The fraction of sp³-hybridized carbons (Fsp3) is 0.875. The third-order valence-electron chi connectivity index (χ3n) is 1.16. The van der Waals surface area contributed by atoms with E-state index in [2.05, 4.69) is 22.6 Å². The van der Waals surface area contributed by atoms with E-state index in [1.165, 1.54) is 0 Å². The monoisotopic (exact) mass is 171 g/mol. The second kappa shape index (κ2) is 6.76. The molecule has 0 saturated heterocycles. The number of rotatable bonds is 4. The number of nitrogens with one attached hydrogen (secondary N) is 1. The number of nitrogens with zero attached hydrogens (tertiary/aromatic N) is 3. The van der Waals surface area contributed by atoms with Crippen LogP contribution in [0.4, 0.5) is 0 Å². The predicted octanol–water partition coefficient (Wildman–Crippen LogP) is 1.43. The first-order valence-corrected chi connectivity index (χ1v) is 4.39. The van der Waals surface area contributed by atoms with Crippen LogP contribution in [0.3, 0.4) is 0 Å². The summed E-state index contributed by atoms with van der Waals surface area (Å²) in [5.41, 5.74) is 2.91. The Kier molecular flexibility index (Phi) is 6.24. The normalized spacial score (nSPS) is 11.2. The van der Waals surface area contributed by atoms with Gasteiger partial charge in [0.2, 0.25) is 5.84 Å². The molecular formula is C8H19N4+. The van der Waals surface area contributed by atoms with Crippen molar-refractivity contribution >= 4 is 5.84 Å². The molecule has 0 saturated carbocycles. The van der Waals surface area contributed by atoms with Gasteiger partial charge in [-0.15, -0.1) is 4.70 Å². The predicted molar refractivity (Wildman–Crippen MR) is 50.6 cm³/mol. The number of azo groups is 2. The fourth-order valence-corrected chi connectivity index (χ4v) is 0.753. The third-order valence-corrected chi connectivity index (χ3v) is 1.16. The molecule has 0 amide bonds. The second-order valence-electron chi connectivity index (χ2n) is 2.74. The highest BCUT2D eigenvalue weighted by molar-refractivity contribution is 5.81. The maximum absolute atomic E-state index is 4.22. The van der Waals surface area contributed by atoms with E-state index in [-0.39, 0.29) is 0 Å². The molecule has 0 heterocycles. The maximum atomic E-state index is 4.22. The molecule has 0 spiro atoms. The molecule has 0 aromatic carbocycles. The summed E-state index contributed by atoms with van der Waals surface area (Å²) in [6.07, 6.45) is 1.99. The zero-order valence-electron chi connectivity index (χ0n) is 8.46. The molecule has 0 rings (SSSR count). The molecule has 0 bridgehead atoms. The van der Waals surface area contributed by atoms with Crippen molar-refractivity contribution in [2.24, 2.45) is 10.2 Å². The Labute approximate surface area is 74.4 Å². The number of amidine groups is 1. The first-order valence-electron chi connectivity index (χ1n) is 4.39. The summed E-state index contributed by atoms with van der Waals surface area (Å²) in [6, 6.07) is 0.